The first-order chi connectivity index (χ1) is 19.6. The van der Waals surface area contributed by atoms with Crippen molar-refractivity contribution in [2.45, 2.75) is 232 Å². The highest BCUT2D eigenvalue weighted by molar-refractivity contribution is 6.76. The molecule has 0 N–H and O–H groups in total. The maximum Gasteiger partial charge on any atom is 0.237 e. The van der Waals surface area contributed by atoms with Gasteiger partial charge in [-0.25, -0.2) is 0 Å². The zero-order valence-corrected chi connectivity index (χ0v) is 31.0. The fourth-order valence-electron chi connectivity index (χ4n) is 6.36. The Morgan fingerprint density at radius 2 is 0.450 bits per heavy atom. The van der Waals surface area contributed by atoms with Gasteiger partial charge in [-0.15, -0.1) is 0 Å². The minimum absolute atomic E-state index is 1.28. The minimum Gasteiger partial charge on any atom is -0.297 e. The standard InChI is InChI=1S/C36H78O2Si2/c1-7-13-19-22-25-28-34-40(35-29-26-23-20-14-8-2,36-30-27-24-21-15-9-3)38-37-39(31-16-10-4,32-17-11-5)33-18-12-6/h7-36H2,1-6H3. The molecule has 0 saturated heterocycles. The average molecular weight is 599 g/mol. The second-order valence-corrected chi connectivity index (χ2v) is 21.5. The lowest BCUT2D eigenvalue weighted by Gasteiger charge is -2.37. The van der Waals surface area contributed by atoms with E-state index < -0.39 is 16.6 Å². The van der Waals surface area contributed by atoms with Crippen molar-refractivity contribution in [3.8, 4) is 0 Å². The summed E-state index contributed by atoms with van der Waals surface area (Å²) in [5.41, 5.74) is 0. The molecule has 2 nitrogen and oxygen atoms in total. The van der Waals surface area contributed by atoms with Crippen molar-refractivity contribution in [3.63, 3.8) is 0 Å². The summed E-state index contributed by atoms with van der Waals surface area (Å²) >= 11 is 0. The largest absolute Gasteiger partial charge is 0.297 e. The molecule has 0 atom stereocenters. The van der Waals surface area contributed by atoms with Crippen LogP contribution in [0.25, 0.3) is 0 Å². The molecule has 0 aromatic rings. The molecule has 40 heavy (non-hydrogen) atoms. The van der Waals surface area contributed by atoms with Crippen LogP contribution in [0.15, 0.2) is 0 Å². The molecule has 242 valence electrons. The number of hydrogen-bond donors (Lipinski definition) is 0. The molecule has 0 aliphatic carbocycles. The molecular weight excluding hydrogens is 521 g/mol. The van der Waals surface area contributed by atoms with E-state index in [2.05, 4.69) is 41.5 Å². The smallest absolute Gasteiger partial charge is 0.237 e. The topological polar surface area (TPSA) is 18.5 Å². The van der Waals surface area contributed by atoms with Crippen LogP contribution in [0.1, 0.15) is 196 Å². The van der Waals surface area contributed by atoms with Crippen molar-refractivity contribution >= 4 is 16.6 Å². The summed E-state index contributed by atoms with van der Waals surface area (Å²) in [5, 5.41) is 0. The Morgan fingerprint density at radius 1 is 0.250 bits per heavy atom. The van der Waals surface area contributed by atoms with Crippen LogP contribution in [0, 0.1) is 0 Å². The van der Waals surface area contributed by atoms with Crippen molar-refractivity contribution in [2.24, 2.45) is 0 Å². The Bertz CT molecular complexity index is 437. The molecule has 0 aromatic carbocycles. The van der Waals surface area contributed by atoms with Crippen molar-refractivity contribution in [3.05, 3.63) is 0 Å². The normalized spacial score (nSPS) is 12.4. The maximum atomic E-state index is 7.17. The van der Waals surface area contributed by atoms with Crippen LogP contribution in [-0.4, -0.2) is 16.6 Å². The molecular formula is C36H78O2Si2. The highest BCUT2D eigenvalue weighted by Gasteiger charge is 2.41. The highest BCUT2D eigenvalue weighted by Crippen LogP contribution is 2.36. The van der Waals surface area contributed by atoms with Gasteiger partial charge in [0.25, 0.3) is 0 Å². The molecule has 0 saturated carbocycles. The minimum atomic E-state index is -1.92. The van der Waals surface area contributed by atoms with Crippen LogP contribution >= 0.6 is 0 Å². The fourth-order valence-corrected chi connectivity index (χ4v) is 15.4. The van der Waals surface area contributed by atoms with Crippen LogP contribution < -0.4 is 0 Å². The molecule has 0 unspecified atom stereocenters. The number of unbranched alkanes of at least 4 members (excludes halogenated alkanes) is 18. The molecule has 0 spiro atoms. The predicted octanol–water partition coefficient (Wildman–Crippen LogP) is 14.3. The van der Waals surface area contributed by atoms with Crippen molar-refractivity contribution in [1.29, 1.82) is 0 Å². The van der Waals surface area contributed by atoms with Gasteiger partial charge in [0.05, 0.1) is 0 Å². The third-order valence-corrected chi connectivity index (χ3v) is 17.9. The summed E-state index contributed by atoms with van der Waals surface area (Å²) in [6, 6.07) is 8.01. The van der Waals surface area contributed by atoms with Crippen LogP contribution in [-0.2, 0) is 9.15 Å². The van der Waals surface area contributed by atoms with E-state index in [-0.39, 0.29) is 0 Å². The van der Waals surface area contributed by atoms with E-state index in [1.54, 1.807) is 0 Å². The van der Waals surface area contributed by atoms with Gasteiger partial charge in [0.1, 0.15) is 0 Å². The van der Waals surface area contributed by atoms with Gasteiger partial charge in [-0.05, 0) is 36.3 Å². The molecule has 0 heterocycles. The van der Waals surface area contributed by atoms with Crippen molar-refractivity contribution in [1.82, 2.24) is 0 Å². The van der Waals surface area contributed by atoms with E-state index in [4.69, 9.17) is 9.15 Å². The van der Waals surface area contributed by atoms with Crippen molar-refractivity contribution < 1.29 is 9.15 Å². The highest BCUT2D eigenvalue weighted by atomic mass is 28.4. The van der Waals surface area contributed by atoms with Gasteiger partial charge in [0, 0.05) is 0 Å². The summed E-state index contributed by atoms with van der Waals surface area (Å²) in [6.45, 7) is 14.1. The fraction of sp³-hybridized carbons (Fsp3) is 1.00. The lowest BCUT2D eigenvalue weighted by Crippen LogP contribution is -2.46. The Balaban J connectivity index is 5.68. The van der Waals surface area contributed by atoms with Gasteiger partial charge in [0.15, 0.2) is 0 Å². The van der Waals surface area contributed by atoms with Gasteiger partial charge in [-0.2, -0.15) is 0 Å². The summed E-state index contributed by atoms with van der Waals surface area (Å²) in [5.74, 6) is 0. The van der Waals surface area contributed by atoms with Gasteiger partial charge >= 0.3 is 0 Å². The Labute approximate surface area is 257 Å². The first-order valence-corrected chi connectivity index (χ1v) is 24.0. The lowest BCUT2D eigenvalue weighted by atomic mass is 10.1. The van der Waals surface area contributed by atoms with Crippen LogP contribution in [0.5, 0.6) is 0 Å². The number of rotatable bonds is 33. The zero-order valence-electron chi connectivity index (χ0n) is 29.0. The SMILES string of the molecule is CCCCCCCC[Si](CCCCCCCC)(CCCCCCCC)OO[Si](CCCC)(CCCC)CCCC. The molecule has 0 aromatic heterocycles. The summed E-state index contributed by atoms with van der Waals surface area (Å²) in [4.78, 5) is 0. The third kappa shape index (κ3) is 22.0. The van der Waals surface area contributed by atoms with E-state index >= 15 is 0 Å². The zero-order chi connectivity index (χ0) is 29.6. The summed E-state index contributed by atoms with van der Waals surface area (Å²) < 4.78 is 14.3. The molecule has 4 heteroatoms. The number of hydrogen-bond acceptors (Lipinski definition) is 2. The molecule has 0 amide bonds. The quantitative estimate of drug-likeness (QED) is 0.0324. The van der Waals surface area contributed by atoms with E-state index in [0.717, 1.165) is 0 Å². The molecule has 0 rings (SSSR count). The van der Waals surface area contributed by atoms with Gasteiger partial charge in [-0.1, -0.05) is 196 Å². The third-order valence-electron chi connectivity index (χ3n) is 9.31. The average Bonchev–Trinajstić information content (AvgIpc) is 2.97. The first kappa shape index (κ1) is 40.4. The molecule has 0 radical (unpaired) electrons. The summed E-state index contributed by atoms with van der Waals surface area (Å²) in [7, 11) is -3.77. The Kier molecular flexibility index (Phi) is 29.7. The van der Waals surface area contributed by atoms with Crippen LogP contribution in [0.2, 0.25) is 36.3 Å². The van der Waals surface area contributed by atoms with Crippen LogP contribution in [0.3, 0.4) is 0 Å². The van der Waals surface area contributed by atoms with E-state index in [0.29, 0.717) is 0 Å². The molecule has 0 bridgehead atoms. The first-order valence-electron chi connectivity index (χ1n) is 18.9. The molecule has 0 aliphatic rings. The Morgan fingerprint density at radius 3 is 0.700 bits per heavy atom. The lowest BCUT2D eigenvalue weighted by molar-refractivity contribution is -0.131. The second-order valence-electron chi connectivity index (χ2n) is 13.4. The molecule has 0 fully saturated rings. The monoisotopic (exact) mass is 599 g/mol. The van der Waals surface area contributed by atoms with Gasteiger partial charge < -0.3 is 0 Å². The molecule has 0 aliphatic heterocycles. The van der Waals surface area contributed by atoms with Gasteiger partial charge in [-0.3, -0.25) is 9.15 Å². The Hall–Kier alpha value is 0.354. The second kappa shape index (κ2) is 29.4. The van der Waals surface area contributed by atoms with Gasteiger partial charge in [0.2, 0.25) is 16.6 Å². The summed E-state index contributed by atoms with van der Waals surface area (Å²) in [6.07, 6.45) is 32.8. The van der Waals surface area contributed by atoms with Crippen LogP contribution in [0.4, 0.5) is 0 Å². The van der Waals surface area contributed by atoms with E-state index in [1.807, 2.05) is 0 Å². The van der Waals surface area contributed by atoms with E-state index in [1.165, 1.54) is 190 Å². The van der Waals surface area contributed by atoms with E-state index in [9.17, 15) is 0 Å². The maximum absolute atomic E-state index is 7.17. The van der Waals surface area contributed by atoms with Crippen molar-refractivity contribution in [2.75, 3.05) is 0 Å². The predicted molar refractivity (Wildman–Crippen MR) is 187 cm³/mol.